The molecule has 1 amide bonds. The topological polar surface area (TPSA) is 72.1 Å². The van der Waals surface area contributed by atoms with E-state index in [1.54, 1.807) is 31.3 Å². The summed E-state index contributed by atoms with van der Waals surface area (Å²) in [6, 6.07) is 10.7. The molecule has 128 valence electrons. The van der Waals surface area contributed by atoms with Crippen LogP contribution in [0.5, 0.6) is 5.75 Å². The molecule has 6 nitrogen and oxygen atoms in total. The van der Waals surface area contributed by atoms with Gasteiger partial charge >= 0.3 is 0 Å². The minimum Gasteiger partial charge on any atom is -0.497 e. The van der Waals surface area contributed by atoms with Gasteiger partial charge in [-0.25, -0.2) is 0 Å². The van der Waals surface area contributed by atoms with Gasteiger partial charge in [-0.1, -0.05) is 12.1 Å². The smallest absolute Gasteiger partial charge is 0.290 e. The van der Waals surface area contributed by atoms with Crippen molar-refractivity contribution >= 4 is 5.91 Å². The molecule has 0 spiro atoms. The zero-order valence-electron chi connectivity index (χ0n) is 13.8. The van der Waals surface area contributed by atoms with Crippen LogP contribution in [0.3, 0.4) is 0 Å². The molecule has 1 fully saturated rings. The van der Waals surface area contributed by atoms with Crippen LogP contribution in [0.25, 0.3) is 0 Å². The van der Waals surface area contributed by atoms with Crippen molar-refractivity contribution in [1.29, 1.82) is 0 Å². The maximum atomic E-state index is 12.8. The molecule has 0 aliphatic carbocycles. The van der Waals surface area contributed by atoms with Crippen LogP contribution in [-0.4, -0.2) is 42.8 Å². The van der Waals surface area contributed by atoms with Gasteiger partial charge < -0.3 is 23.9 Å². The number of β-amino-alcohol motifs (C(OH)–C–C–N with tert-alkyl or cyclic N) is 1. The minimum absolute atomic E-state index is 0.210. The second-order valence-corrected chi connectivity index (χ2v) is 5.84. The van der Waals surface area contributed by atoms with E-state index in [9.17, 15) is 9.90 Å². The van der Waals surface area contributed by atoms with Gasteiger partial charge in [0, 0.05) is 13.7 Å². The molecule has 2 atom stereocenters. The first-order valence-corrected chi connectivity index (χ1v) is 7.83. The number of likely N-dealkylation sites (tertiary alicyclic amines) is 1. The van der Waals surface area contributed by atoms with Crippen molar-refractivity contribution in [1.82, 2.24) is 4.90 Å². The standard InChI is InChI=1S/C18H21NO5/c1-22-11-15-6-7-17(24-15)18(21)19-10-13(20)9-16(19)12-4-3-5-14(8-12)23-2/h3-8,13,16,20H,9-11H2,1-2H3/t13-,16-/m0/s1. The van der Waals surface area contributed by atoms with E-state index in [0.29, 0.717) is 18.8 Å². The molecule has 2 aromatic rings. The predicted octanol–water partition coefficient (Wildman–Crippen LogP) is 2.38. The summed E-state index contributed by atoms with van der Waals surface area (Å²) in [5.41, 5.74) is 0.933. The number of aliphatic hydroxyl groups excluding tert-OH is 1. The number of rotatable bonds is 5. The van der Waals surface area contributed by atoms with E-state index < -0.39 is 6.10 Å². The summed E-state index contributed by atoms with van der Waals surface area (Å²) < 4.78 is 15.8. The van der Waals surface area contributed by atoms with Crippen LogP contribution >= 0.6 is 0 Å². The number of hydrogen-bond donors (Lipinski definition) is 1. The van der Waals surface area contributed by atoms with Gasteiger partial charge in [-0.15, -0.1) is 0 Å². The fourth-order valence-corrected chi connectivity index (χ4v) is 3.06. The molecule has 0 unspecified atom stereocenters. The molecule has 0 bridgehead atoms. The summed E-state index contributed by atoms with van der Waals surface area (Å²) in [7, 11) is 3.17. The molecule has 1 aromatic carbocycles. The van der Waals surface area contributed by atoms with E-state index in [1.807, 2.05) is 24.3 Å². The van der Waals surface area contributed by atoms with E-state index in [2.05, 4.69) is 0 Å². The van der Waals surface area contributed by atoms with E-state index in [4.69, 9.17) is 13.9 Å². The number of methoxy groups -OCH3 is 2. The minimum atomic E-state index is -0.557. The van der Waals surface area contributed by atoms with E-state index in [1.165, 1.54) is 0 Å². The van der Waals surface area contributed by atoms with Crippen molar-refractivity contribution in [3.63, 3.8) is 0 Å². The molecule has 1 aromatic heterocycles. The van der Waals surface area contributed by atoms with Gasteiger partial charge in [0.2, 0.25) is 0 Å². The molecule has 0 radical (unpaired) electrons. The number of amides is 1. The molecule has 24 heavy (non-hydrogen) atoms. The third kappa shape index (κ3) is 3.29. The molecule has 1 saturated heterocycles. The van der Waals surface area contributed by atoms with Crippen molar-refractivity contribution in [3.8, 4) is 5.75 Å². The molecule has 1 aliphatic heterocycles. The predicted molar refractivity (Wildman–Crippen MR) is 86.8 cm³/mol. The van der Waals surface area contributed by atoms with Crippen LogP contribution in [0.1, 0.15) is 34.3 Å². The van der Waals surface area contributed by atoms with Gasteiger partial charge in [0.15, 0.2) is 5.76 Å². The Morgan fingerprint density at radius 3 is 2.92 bits per heavy atom. The van der Waals surface area contributed by atoms with Crippen LogP contribution in [-0.2, 0) is 11.3 Å². The first-order valence-electron chi connectivity index (χ1n) is 7.83. The van der Waals surface area contributed by atoms with Gasteiger partial charge in [0.05, 0.1) is 19.3 Å². The lowest BCUT2D eigenvalue weighted by Gasteiger charge is -2.24. The molecule has 1 N–H and O–H groups in total. The third-order valence-corrected chi connectivity index (χ3v) is 4.18. The van der Waals surface area contributed by atoms with E-state index in [0.717, 1.165) is 11.3 Å². The molecule has 6 heteroatoms. The molecule has 2 heterocycles. The van der Waals surface area contributed by atoms with Gasteiger partial charge in [-0.2, -0.15) is 0 Å². The van der Waals surface area contributed by atoms with Gasteiger partial charge in [-0.05, 0) is 36.2 Å². The lowest BCUT2D eigenvalue weighted by molar-refractivity contribution is 0.0676. The fraction of sp³-hybridized carbons (Fsp3) is 0.389. The largest absolute Gasteiger partial charge is 0.497 e. The van der Waals surface area contributed by atoms with Crippen molar-refractivity contribution in [2.75, 3.05) is 20.8 Å². The van der Waals surface area contributed by atoms with Crippen LogP contribution in [0.4, 0.5) is 0 Å². The zero-order chi connectivity index (χ0) is 17.1. The summed E-state index contributed by atoms with van der Waals surface area (Å²) in [5.74, 6) is 1.34. The average molecular weight is 331 g/mol. The van der Waals surface area contributed by atoms with Crippen molar-refractivity contribution < 1.29 is 23.8 Å². The Balaban J connectivity index is 1.85. The van der Waals surface area contributed by atoms with Crippen molar-refractivity contribution in [3.05, 3.63) is 53.5 Å². The molecule has 3 rings (SSSR count). The number of ether oxygens (including phenoxy) is 2. The average Bonchev–Trinajstić information content (AvgIpc) is 3.21. The summed E-state index contributed by atoms with van der Waals surface area (Å²) in [5, 5.41) is 10.1. The van der Waals surface area contributed by atoms with Crippen LogP contribution in [0.2, 0.25) is 0 Å². The van der Waals surface area contributed by atoms with E-state index >= 15 is 0 Å². The molecule has 1 aliphatic rings. The molecule has 0 saturated carbocycles. The summed E-state index contributed by atoms with van der Waals surface area (Å²) in [6.45, 7) is 0.593. The molecular formula is C18H21NO5. The second-order valence-electron chi connectivity index (χ2n) is 5.84. The van der Waals surface area contributed by atoms with Crippen molar-refractivity contribution in [2.24, 2.45) is 0 Å². The van der Waals surface area contributed by atoms with Crippen LogP contribution in [0.15, 0.2) is 40.8 Å². The van der Waals surface area contributed by atoms with Gasteiger partial charge in [-0.3, -0.25) is 4.79 Å². The Morgan fingerprint density at radius 1 is 1.33 bits per heavy atom. The summed E-state index contributed by atoms with van der Waals surface area (Å²) in [4.78, 5) is 14.4. The second kappa shape index (κ2) is 7.07. The normalized spacial score (nSPS) is 20.4. The SMILES string of the molecule is COCc1ccc(C(=O)N2C[C@@H](O)C[C@H]2c2cccc(OC)c2)o1. The number of furan rings is 1. The zero-order valence-corrected chi connectivity index (χ0v) is 13.8. The highest BCUT2D eigenvalue weighted by molar-refractivity contribution is 5.92. The summed E-state index contributed by atoms with van der Waals surface area (Å²) >= 11 is 0. The lowest BCUT2D eigenvalue weighted by atomic mass is 10.0. The maximum absolute atomic E-state index is 12.8. The fourth-order valence-electron chi connectivity index (χ4n) is 3.06. The summed E-state index contributed by atoms with van der Waals surface area (Å²) in [6.07, 6.45) is -0.0663. The maximum Gasteiger partial charge on any atom is 0.290 e. The number of carbonyl (C=O) groups is 1. The highest BCUT2D eigenvalue weighted by atomic mass is 16.5. The Hall–Kier alpha value is -2.31. The molecular weight excluding hydrogens is 310 g/mol. The Kier molecular flexibility index (Phi) is 4.87. The third-order valence-electron chi connectivity index (χ3n) is 4.18. The van der Waals surface area contributed by atoms with Gasteiger partial charge in [0.25, 0.3) is 5.91 Å². The van der Waals surface area contributed by atoms with Gasteiger partial charge in [0.1, 0.15) is 18.1 Å². The first kappa shape index (κ1) is 16.5. The van der Waals surface area contributed by atoms with Crippen LogP contribution in [0, 0.1) is 0 Å². The highest BCUT2D eigenvalue weighted by Gasteiger charge is 2.37. The monoisotopic (exact) mass is 331 g/mol. The number of nitrogens with zero attached hydrogens (tertiary/aromatic N) is 1. The highest BCUT2D eigenvalue weighted by Crippen LogP contribution is 2.35. The number of aliphatic hydroxyl groups is 1. The first-order chi connectivity index (χ1) is 11.6. The Morgan fingerprint density at radius 2 is 2.17 bits per heavy atom. The van der Waals surface area contributed by atoms with Crippen molar-refractivity contribution in [2.45, 2.75) is 25.2 Å². The van der Waals surface area contributed by atoms with Crippen LogP contribution < -0.4 is 4.74 Å². The quantitative estimate of drug-likeness (QED) is 0.911. The number of carbonyl (C=O) groups excluding carboxylic acids is 1. The Labute approximate surface area is 140 Å². The number of benzene rings is 1. The Bertz CT molecular complexity index is 711. The van der Waals surface area contributed by atoms with E-state index in [-0.39, 0.29) is 24.3 Å². The lowest BCUT2D eigenvalue weighted by Crippen LogP contribution is -2.31. The number of hydrogen-bond acceptors (Lipinski definition) is 5.